The van der Waals surface area contributed by atoms with Crippen LogP contribution in [0.1, 0.15) is 26.7 Å². The van der Waals surface area contributed by atoms with Crippen LogP contribution in [0.4, 0.5) is 0 Å². The summed E-state index contributed by atoms with van der Waals surface area (Å²) in [6.07, 6.45) is 2.59. The number of hydrogen-bond donors (Lipinski definition) is 2. The minimum Gasteiger partial charge on any atom is -0.442 e. The third-order valence-electron chi connectivity index (χ3n) is 4.45. The summed E-state index contributed by atoms with van der Waals surface area (Å²) in [6.45, 7) is 5.33. The normalized spacial score (nSPS) is 16.9. The van der Waals surface area contributed by atoms with Crippen LogP contribution in [0.25, 0.3) is 11.5 Å². The predicted molar refractivity (Wildman–Crippen MR) is 95.6 cm³/mol. The van der Waals surface area contributed by atoms with E-state index in [0.717, 1.165) is 0 Å². The van der Waals surface area contributed by atoms with E-state index >= 15 is 0 Å². The Morgan fingerprint density at radius 3 is 2.69 bits per heavy atom. The number of nitrogens with one attached hydrogen (secondary N) is 2. The van der Waals surface area contributed by atoms with Gasteiger partial charge < -0.3 is 9.73 Å². The zero-order chi connectivity index (χ0) is 18.7. The second kappa shape index (κ2) is 7.63. The Balaban J connectivity index is 1.62. The largest absolute Gasteiger partial charge is 0.442 e. The van der Waals surface area contributed by atoms with E-state index in [2.05, 4.69) is 15.5 Å². The topological polar surface area (TPSA) is 108 Å². The van der Waals surface area contributed by atoms with E-state index in [1.54, 1.807) is 18.3 Å². The van der Waals surface area contributed by atoms with Crippen molar-refractivity contribution in [3.05, 3.63) is 24.4 Å². The van der Waals surface area contributed by atoms with Crippen molar-refractivity contribution in [3.8, 4) is 11.5 Å². The third kappa shape index (κ3) is 3.99. The zero-order valence-electron chi connectivity index (χ0n) is 14.9. The number of nitrogens with zero attached hydrogens (tertiary/aromatic N) is 2. The molecule has 2 aromatic heterocycles. The fourth-order valence-corrected chi connectivity index (χ4v) is 4.31. The molecule has 1 aliphatic rings. The standard InChI is InChI=1S/C17H24N4O4S/c1-12(2)11-18-17(22)13-6-9-21(10-7-13)26(23,24)16-4-3-15(25-16)14-5-8-19-20-14/h3-5,8,12-13H,6-7,9-11H2,1-2H3,(H,18,22)(H,19,20). The fourth-order valence-electron chi connectivity index (χ4n) is 2.93. The maximum absolute atomic E-state index is 12.8. The summed E-state index contributed by atoms with van der Waals surface area (Å²) in [5, 5.41) is 9.40. The van der Waals surface area contributed by atoms with Crippen molar-refractivity contribution in [3.63, 3.8) is 0 Å². The molecule has 0 unspecified atom stereocenters. The van der Waals surface area contributed by atoms with Gasteiger partial charge in [-0.05, 0) is 37.0 Å². The molecule has 0 aromatic carbocycles. The van der Waals surface area contributed by atoms with Gasteiger partial charge in [0, 0.05) is 31.7 Å². The van der Waals surface area contributed by atoms with Gasteiger partial charge in [0.1, 0.15) is 5.69 Å². The van der Waals surface area contributed by atoms with Crippen molar-refractivity contribution in [1.29, 1.82) is 0 Å². The van der Waals surface area contributed by atoms with E-state index < -0.39 is 10.0 Å². The highest BCUT2D eigenvalue weighted by Crippen LogP contribution is 2.28. The summed E-state index contributed by atoms with van der Waals surface area (Å²) in [7, 11) is -3.71. The molecule has 26 heavy (non-hydrogen) atoms. The van der Waals surface area contributed by atoms with Crippen LogP contribution in [-0.4, -0.2) is 48.5 Å². The number of aromatic amines is 1. The first-order valence-electron chi connectivity index (χ1n) is 8.75. The summed E-state index contributed by atoms with van der Waals surface area (Å²) in [5.74, 6) is 0.680. The van der Waals surface area contributed by atoms with E-state index in [9.17, 15) is 13.2 Å². The minimum absolute atomic E-state index is 0.00952. The molecule has 3 rings (SSSR count). The van der Waals surface area contributed by atoms with Gasteiger partial charge in [-0.2, -0.15) is 9.40 Å². The van der Waals surface area contributed by atoms with Gasteiger partial charge in [-0.1, -0.05) is 13.8 Å². The second-order valence-corrected chi connectivity index (χ2v) is 8.78. The molecule has 3 heterocycles. The van der Waals surface area contributed by atoms with Crippen LogP contribution in [0.2, 0.25) is 0 Å². The number of sulfonamides is 1. The summed E-state index contributed by atoms with van der Waals surface area (Å²) >= 11 is 0. The van der Waals surface area contributed by atoms with Crippen molar-refractivity contribution in [2.75, 3.05) is 19.6 Å². The van der Waals surface area contributed by atoms with Gasteiger partial charge in [0.25, 0.3) is 10.0 Å². The van der Waals surface area contributed by atoms with Crippen LogP contribution in [0.3, 0.4) is 0 Å². The molecule has 9 heteroatoms. The summed E-state index contributed by atoms with van der Waals surface area (Å²) in [4.78, 5) is 12.2. The molecule has 0 spiro atoms. The average molecular weight is 380 g/mol. The Morgan fingerprint density at radius 1 is 1.35 bits per heavy atom. The van der Waals surface area contributed by atoms with E-state index in [0.29, 0.717) is 49.8 Å². The van der Waals surface area contributed by atoms with Gasteiger partial charge in [-0.3, -0.25) is 9.89 Å². The second-order valence-electron chi connectivity index (χ2n) is 6.91. The number of aromatic nitrogens is 2. The molecule has 0 aliphatic carbocycles. The van der Waals surface area contributed by atoms with E-state index in [4.69, 9.17) is 4.42 Å². The van der Waals surface area contributed by atoms with Crippen molar-refractivity contribution in [2.24, 2.45) is 11.8 Å². The minimum atomic E-state index is -3.71. The Hall–Kier alpha value is -2.13. The van der Waals surface area contributed by atoms with Gasteiger partial charge in [-0.15, -0.1) is 0 Å². The molecule has 2 aromatic rings. The summed E-state index contributed by atoms with van der Waals surface area (Å²) in [5.41, 5.74) is 0.618. The number of amides is 1. The first-order chi connectivity index (χ1) is 12.4. The van der Waals surface area contributed by atoms with Crippen LogP contribution in [-0.2, 0) is 14.8 Å². The summed E-state index contributed by atoms with van der Waals surface area (Å²) in [6, 6.07) is 4.76. The van der Waals surface area contributed by atoms with Crippen molar-refractivity contribution >= 4 is 15.9 Å². The maximum Gasteiger partial charge on any atom is 0.276 e. The van der Waals surface area contributed by atoms with E-state index in [1.807, 2.05) is 13.8 Å². The third-order valence-corrected chi connectivity index (χ3v) is 6.22. The molecule has 1 amide bonds. The van der Waals surface area contributed by atoms with Gasteiger partial charge >= 0.3 is 0 Å². The van der Waals surface area contributed by atoms with Gasteiger partial charge in [-0.25, -0.2) is 8.42 Å². The highest BCUT2D eigenvalue weighted by Gasteiger charge is 2.34. The maximum atomic E-state index is 12.8. The SMILES string of the molecule is CC(C)CNC(=O)C1CCN(S(=O)(=O)c2ccc(-c3ccn[nH]3)o2)CC1. The zero-order valence-corrected chi connectivity index (χ0v) is 15.8. The quantitative estimate of drug-likeness (QED) is 0.795. The van der Waals surface area contributed by atoms with Gasteiger partial charge in [0.2, 0.25) is 11.0 Å². The molecule has 2 N–H and O–H groups in total. The number of rotatable bonds is 6. The molecule has 1 fully saturated rings. The fraction of sp³-hybridized carbons (Fsp3) is 0.529. The van der Waals surface area contributed by atoms with Crippen LogP contribution in [0, 0.1) is 11.8 Å². The summed E-state index contributed by atoms with van der Waals surface area (Å²) < 4.78 is 32.4. The molecule has 1 saturated heterocycles. The Bertz CT molecular complexity index is 834. The number of carbonyl (C=O) groups excluding carboxylic acids is 1. The van der Waals surface area contributed by atoms with Crippen molar-refractivity contribution in [2.45, 2.75) is 31.8 Å². The van der Waals surface area contributed by atoms with Crippen LogP contribution in [0.5, 0.6) is 0 Å². The first kappa shape index (κ1) is 18.7. The average Bonchev–Trinajstić information content (AvgIpc) is 3.30. The van der Waals surface area contributed by atoms with E-state index in [1.165, 1.54) is 10.4 Å². The Kier molecular flexibility index (Phi) is 5.47. The molecule has 142 valence electrons. The molecule has 0 bridgehead atoms. The number of carbonyl (C=O) groups is 1. The number of H-pyrrole nitrogens is 1. The highest BCUT2D eigenvalue weighted by atomic mass is 32.2. The molecule has 1 aliphatic heterocycles. The first-order valence-corrected chi connectivity index (χ1v) is 10.2. The lowest BCUT2D eigenvalue weighted by atomic mass is 9.97. The molecule has 0 atom stereocenters. The smallest absolute Gasteiger partial charge is 0.276 e. The van der Waals surface area contributed by atoms with Crippen molar-refractivity contribution < 1.29 is 17.6 Å². The number of furan rings is 1. The van der Waals surface area contributed by atoms with Gasteiger partial charge in [0.05, 0.1) is 0 Å². The molecule has 8 nitrogen and oxygen atoms in total. The van der Waals surface area contributed by atoms with Crippen LogP contribution in [0.15, 0.2) is 33.9 Å². The lowest BCUT2D eigenvalue weighted by Gasteiger charge is -2.29. The predicted octanol–water partition coefficient (Wildman–Crippen LogP) is 1.84. The lowest BCUT2D eigenvalue weighted by molar-refractivity contribution is -0.126. The van der Waals surface area contributed by atoms with Crippen LogP contribution >= 0.6 is 0 Å². The van der Waals surface area contributed by atoms with Gasteiger partial charge in [0.15, 0.2) is 5.76 Å². The molecule has 0 saturated carbocycles. The molecule has 0 radical (unpaired) electrons. The molecular weight excluding hydrogens is 356 g/mol. The van der Waals surface area contributed by atoms with Crippen LogP contribution < -0.4 is 5.32 Å². The Labute approximate surface area is 153 Å². The number of hydrogen-bond acceptors (Lipinski definition) is 5. The monoisotopic (exact) mass is 380 g/mol. The van der Waals surface area contributed by atoms with E-state index in [-0.39, 0.29) is 16.9 Å². The lowest BCUT2D eigenvalue weighted by Crippen LogP contribution is -2.43. The van der Waals surface area contributed by atoms with Crippen molar-refractivity contribution in [1.82, 2.24) is 19.8 Å². The Morgan fingerprint density at radius 2 is 2.08 bits per heavy atom. The number of piperidine rings is 1. The highest BCUT2D eigenvalue weighted by molar-refractivity contribution is 7.89. The molecular formula is C17H24N4O4S.